The molecule has 0 saturated heterocycles. The number of benzene rings is 1. The third-order valence-electron chi connectivity index (χ3n) is 2.72. The molecule has 0 bridgehead atoms. The SMILES string of the molecule is COC(=O)C(C)(N)CC(C)Oc1ccc(C)cc1. The molecule has 0 aromatic heterocycles. The third-order valence-corrected chi connectivity index (χ3v) is 2.72. The predicted molar refractivity (Wildman–Crippen MR) is 70.5 cm³/mol. The van der Waals surface area contributed by atoms with Gasteiger partial charge in [-0.3, -0.25) is 4.79 Å². The molecule has 1 rings (SSSR count). The molecule has 1 aromatic rings. The highest BCUT2D eigenvalue weighted by atomic mass is 16.5. The lowest BCUT2D eigenvalue weighted by Gasteiger charge is -2.25. The van der Waals surface area contributed by atoms with Gasteiger partial charge >= 0.3 is 5.97 Å². The van der Waals surface area contributed by atoms with Gasteiger partial charge < -0.3 is 15.2 Å². The van der Waals surface area contributed by atoms with E-state index in [2.05, 4.69) is 4.74 Å². The normalized spacial score (nSPS) is 15.6. The maximum absolute atomic E-state index is 11.5. The molecular weight excluding hydrogens is 230 g/mol. The van der Waals surface area contributed by atoms with E-state index in [-0.39, 0.29) is 6.10 Å². The highest BCUT2D eigenvalue weighted by Crippen LogP contribution is 2.18. The first-order valence-electron chi connectivity index (χ1n) is 5.96. The van der Waals surface area contributed by atoms with Crippen LogP contribution in [0.2, 0.25) is 0 Å². The van der Waals surface area contributed by atoms with Gasteiger partial charge in [-0.15, -0.1) is 0 Å². The van der Waals surface area contributed by atoms with Crippen molar-refractivity contribution in [3.8, 4) is 5.75 Å². The van der Waals surface area contributed by atoms with Gasteiger partial charge in [0.1, 0.15) is 11.3 Å². The highest BCUT2D eigenvalue weighted by Gasteiger charge is 2.32. The molecule has 0 heterocycles. The number of hydrogen-bond acceptors (Lipinski definition) is 4. The number of nitrogens with two attached hydrogens (primary N) is 1. The Bertz CT molecular complexity index is 398. The first kappa shape index (κ1) is 14.5. The number of methoxy groups -OCH3 is 1. The van der Waals surface area contributed by atoms with E-state index in [1.165, 1.54) is 12.7 Å². The summed E-state index contributed by atoms with van der Waals surface area (Å²) in [6.45, 7) is 5.54. The van der Waals surface area contributed by atoms with Crippen LogP contribution < -0.4 is 10.5 Å². The van der Waals surface area contributed by atoms with Crippen LogP contribution in [0.15, 0.2) is 24.3 Å². The highest BCUT2D eigenvalue weighted by molar-refractivity contribution is 5.79. The van der Waals surface area contributed by atoms with Crippen LogP contribution in [0.4, 0.5) is 0 Å². The summed E-state index contributed by atoms with van der Waals surface area (Å²) in [6.07, 6.45) is 0.231. The first-order chi connectivity index (χ1) is 8.35. The van der Waals surface area contributed by atoms with Crippen LogP contribution in [-0.2, 0) is 9.53 Å². The number of ether oxygens (including phenoxy) is 2. The lowest BCUT2D eigenvalue weighted by molar-refractivity contribution is -0.147. The van der Waals surface area contributed by atoms with Gasteiger partial charge in [-0.1, -0.05) is 17.7 Å². The van der Waals surface area contributed by atoms with Crippen LogP contribution in [-0.4, -0.2) is 24.7 Å². The lowest BCUT2D eigenvalue weighted by atomic mass is 9.96. The van der Waals surface area contributed by atoms with Gasteiger partial charge in [0.05, 0.1) is 13.2 Å². The Balaban J connectivity index is 2.58. The summed E-state index contributed by atoms with van der Waals surface area (Å²) in [4.78, 5) is 11.5. The zero-order valence-corrected chi connectivity index (χ0v) is 11.4. The minimum Gasteiger partial charge on any atom is -0.491 e. The Morgan fingerprint density at radius 3 is 2.44 bits per heavy atom. The summed E-state index contributed by atoms with van der Waals surface area (Å²) >= 11 is 0. The van der Waals surface area contributed by atoms with Crippen molar-refractivity contribution in [3.63, 3.8) is 0 Å². The Morgan fingerprint density at radius 2 is 1.94 bits per heavy atom. The number of esters is 1. The van der Waals surface area contributed by atoms with Gasteiger partial charge in [0.25, 0.3) is 0 Å². The maximum atomic E-state index is 11.5. The molecule has 2 unspecified atom stereocenters. The first-order valence-corrected chi connectivity index (χ1v) is 5.96. The monoisotopic (exact) mass is 251 g/mol. The van der Waals surface area contributed by atoms with E-state index in [9.17, 15) is 4.79 Å². The summed E-state index contributed by atoms with van der Waals surface area (Å²) in [5.74, 6) is 0.343. The van der Waals surface area contributed by atoms with Crippen LogP contribution in [0.1, 0.15) is 25.8 Å². The molecular formula is C14H21NO3. The second kappa shape index (κ2) is 5.87. The Kier molecular flexibility index (Phi) is 4.73. The molecule has 4 heteroatoms. The summed E-state index contributed by atoms with van der Waals surface area (Å²) in [7, 11) is 1.33. The Hall–Kier alpha value is -1.55. The fourth-order valence-corrected chi connectivity index (χ4v) is 1.80. The topological polar surface area (TPSA) is 61.5 Å². The molecule has 0 spiro atoms. The molecule has 0 saturated carbocycles. The second-order valence-electron chi connectivity index (χ2n) is 4.85. The van der Waals surface area contributed by atoms with Crippen LogP contribution in [0.25, 0.3) is 0 Å². The fraction of sp³-hybridized carbons (Fsp3) is 0.500. The average molecular weight is 251 g/mol. The molecule has 18 heavy (non-hydrogen) atoms. The fourth-order valence-electron chi connectivity index (χ4n) is 1.80. The van der Waals surface area contributed by atoms with E-state index < -0.39 is 11.5 Å². The summed E-state index contributed by atoms with van der Waals surface area (Å²) < 4.78 is 10.4. The van der Waals surface area contributed by atoms with Gasteiger partial charge in [-0.05, 0) is 32.9 Å². The minimum absolute atomic E-state index is 0.165. The van der Waals surface area contributed by atoms with Gasteiger partial charge in [0.2, 0.25) is 0 Å². The van der Waals surface area contributed by atoms with Crippen LogP contribution in [0.3, 0.4) is 0 Å². The Morgan fingerprint density at radius 1 is 1.39 bits per heavy atom. The maximum Gasteiger partial charge on any atom is 0.325 e. The molecule has 2 N–H and O–H groups in total. The zero-order chi connectivity index (χ0) is 13.8. The van der Waals surface area contributed by atoms with Crippen molar-refractivity contribution in [2.75, 3.05) is 7.11 Å². The van der Waals surface area contributed by atoms with E-state index in [4.69, 9.17) is 10.5 Å². The molecule has 4 nitrogen and oxygen atoms in total. The van der Waals surface area contributed by atoms with E-state index in [1.807, 2.05) is 38.1 Å². The molecule has 0 aliphatic rings. The molecule has 2 atom stereocenters. The largest absolute Gasteiger partial charge is 0.491 e. The molecule has 1 aromatic carbocycles. The molecule has 0 amide bonds. The molecule has 100 valence electrons. The predicted octanol–water partition coefficient (Wildman–Crippen LogP) is 2.04. The number of rotatable bonds is 5. The molecule has 0 aliphatic heterocycles. The van der Waals surface area contributed by atoms with Crippen molar-refractivity contribution < 1.29 is 14.3 Å². The average Bonchev–Trinajstić information content (AvgIpc) is 2.30. The number of carbonyl (C=O) groups is 1. The smallest absolute Gasteiger partial charge is 0.325 e. The Labute approximate surface area is 108 Å². The number of hydrogen-bond donors (Lipinski definition) is 1. The number of aryl methyl sites for hydroxylation is 1. The van der Waals surface area contributed by atoms with Crippen molar-refractivity contribution in [3.05, 3.63) is 29.8 Å². The van der Waals surface area contributed by atoms with E-state index in [0.29, 0.717) is 6.42 Å². The van der Waals surface area contributed by atoms with Crippen LogP contribution in [0.5, 0.6) is 5.75 Å². The molecule has 0 radical (unpaired) electrons. The van der Waals surface area contributed by atoms with Crippen molar-refractivity contribution in [2.24, 2.45) is 5.73 Å². The quantitative estimate of drug-likeness (QED) is 0.813. The standard InChI is InChI=1S/C14H21NO3/c1-10-5-7-12(8-6-10)18-11(2)9-14(3,15)13(16)17-4/h5-8,11H,9,15H2,1-4H3. The van der Waals surface area contributed by atoms with Crippen molar-refractivity contribution in [1.29, 1.82) is 0 Å². The van der Waals surface area contributed by atoms with Gasteiger partial charge in [0, 0.05) is 6.42 Å². The molecule has 0 aliphatic carbocycles. The summed E-state index contributed by atoms with van der Waals surface area (Å²) in [6, 6.07) is 7.75. The van der Waals surface area contributed by atoms with E-state index in [1.54, 1.807) is 6.92 Å². The van der Waals surface area contributed by atoms with Crippen LogP contribution in [0, 0.1) is 6.92 Å². The van der Waals surface area contributed by atoms with Gasteiger partial charge in [0.15, 0.2) is 0 Å². The third kappa shape index (κ3) is 4.04. The van der Waals surface area contributed by atoms with Crippen LogP contribution >= 0.6 is 0 Å². The zero-order valence-electron chi connectivity index (χ0n) is 11.4. The van der Waals surface area contributed by atoms with Gasteiger partial charge in [-0.2, -0.15) is 0 Å². The van der Waals surface area contributed by atoms with Gasteiger partial charge in [-0.25, -0.2) is 0 Å². The summed E-state index contributed by atoms with van der Waals surface area (Å²) in [5.41, 5.74) is 6.04. The van der Waals surface area contributed by atoms with E-state index in [0.717, 1.165) is 5.75 Å². The lowest BCUT2D eigenvalue weighted by Crippen LogP contribution is -2.48. The molecule has 0 fully saturated rings. The van der Waals surface area contributed by atoms with E-state index >= 15 is 0 Å². The van der Waals surface area contributed by atoms with Crippen molar-refractivity contribution in [2.45, 2.75) is 38.8 Å². The second-order valence-corrected chi connectivity index (χ2v) is 4.85. The number of carbonyl (C=O) groups excluding carboxylic acids is 1. The van der Waals surface area contributed by atoms with Crippen molar-refractivity contribution in [1.82, 2.24) is 0 Å². The van der Waals surface area contributed by atoms with Crippen molar-refractivity contribution >= 4 is 5.97 Å². The summed E-state index contributed by atoms with van der Waals surface area (Å²) in [5, 5.41) is 0. The minimum atomic E-state index is -1.03.